The number of phosphoric acid groups is 1. The Balaban J connectivity index is 4.31. The third-order valence-corrected chi connectivity index (χ3v) is 10.7. The zero-order chi connectivity index (χ0) is 47.6. The maximum atomic E-state index is 12.8. The van der Waals surface area contributed by atoms with Crippen molar-refractivity contribution in [1.82, 2.24) is 0 Å². The highest BCUT2D eigenvalue weighted by Gasteiger charge is 2.26. The summed E-state index contributed by atoms with van der Waals surface area (Å²) in [6.07, 6.45) is 69.3. The van der Waals surface area contributed by atoms with E-state index in [1.54, 1.807) is 0 Å². The van der Waals surface area contributed by atoms with Crippen LogP contribution in [0.2, 0.25) is 0 Å². The van der Waals surface area contributed by atoms with Gasteiger partial charge in [-0.05, 0) is 109 Å². The van der Waals surface area contributed by atoms with E-state index in [2.05, 4.69) is 148 Å². The molecule has 2 unspecified atom stereocenters. The quantitative estimate of drug-likeness (QED) is 0.0214. The molecule has 1 N–H and O–H groups in total. The van der Waals surface area contributed by atoms with Gasteiger partial charge in [-0.3, -0.25) is 13.8 Å². The van der Waals surface area contributed by atoms with Crippen molar-refractivity contribution in [3.63, 3.8) is 0 Å². The van der Waals surface area contributed by atoms with Crippen molar-refractivity contribution in [1.29, 1.82) is 0 Å². The van der Waals surface area contributed by atoms with Crippen LogP contribution < -0.4 is 0 Å². The zero-order valence-electron chi connectivity index (χ0n) is 41.7. The van der Waals surface area contributed by atoms with Gasteiger partial charge in [0.15, 0.2) is 0 Å². The summed E-state index contributed by atoms with van der Waals surface area (Å²) in [5.41, 5.74) is 0. The number of esters is 1. The van der Waals surface area contributed by atoms with E-state index >= 15 is 0 Å². The first-order valence-corrected chi connectivity index (χ1v) is 26.4. The summed E-state index contributed by atoms with van der Waals surface area (Å²) in [4.78, 5) is 23.0. The van der Waals surface area contributed by atoms with Crippen LogP contribution >= 0.6 is 7.82 Å². The van der Waals surface area contributed by atoms with Crippen molar-refractivity contribution in [3.05, 3.63) is 134 Å². The molecule has 0 saturated heterocycles. The Morgan fingerprint density at radius 2 is 0.846 bits per heavy atom. The summed E-state index contributed by atoms with van der Waals surface area (Å²) in [5.74, 6) is -0.350. The fourth-order valence-electron chi connectivity index (χ4n) is 5.93. The Morgan fingerprint density at radius 1 is 0.477 bits per heavy atom. The molecular formula is C56H93NO7P+. The Kier molecular flexibility index (Phi) is 44.7. The molecule has 0 saturated carbocycles. The van der Waals surface area contributed by atoms with Crippen LogP contribution in [0.25, 0.3) is 0 Å². The molecule has 0 heterocycles. The molecular weight excluding hydrogens is 830 g/mol. The van der Waals surface area contributed by atoms with Crippen molar-refractivity contribution >= 4 is 13.8 Å². The van der Waals surface area contributed by atoms with Gasteiger partial charge in [0.1, 0.15) is 19.3 Å². The van der Waals surface area contributed by atoms with E-state index in [0.29, 0.717) is 24.1 Å². The standard InChI is InChI=1S/C56H92NO7P/c1-6-8-10-12-14-16-18-20-22-24-26-27-28-29-30-31-32-33-35-37-39-41-43-45-47-49-56(58)64-55(54-63-65(59,60)62-52-50-57(3,4)5)53-61-51-48-46-44-42-40-38-36-34-25-23-21-19-17-15-13-11-9-7-2/h8-11,14-17,20-23,26-27,29-30,32-34,36,40,42,55H,6-7,12-13,18-19,24-25,28,31,35,37-39,41,43-54H2,1-5H3/p+1/b10-8-,11-9-,16-14-,17-15-,22-20-,23-21-,27-26-,30-29-,33-32-,36-34-,42-40-. The lowest BCUT2D eigenvalue weighted by Gasteiger charge is -2.24. The van der Waals surface area contributed by atoms with Gasteiger partial charge in [-0.25, -0.2) is 4.57 Å². The van der Waals surface area contributed by atoms with Gasteiger partial charge in [0.05, 0.1) is 34.4 Å². The maximum Gasteiger partial charge on any atom is 0.472 e. The van der Waals surface area contributed by atoms with Gasteiger partial charge in [0.25, 0.3) is 0 Å². The van der Waals surface area contributed by atoms with Gasteiger partial charge in [-0.1, -0.05) is 173 Å². The average Bonchev–Trinajstić information content (AvgIpc) is 3.27. The summed E-state index contributed by atoms with van der Waals surface area (Å²) < 4.78 is 35.0. The highest BCUT2D eigenvalue weighted by Crippen LogP contribution is 2.43. The fraction of sp³-hybridized carbons (Fsp3) is 0.589. The minimum Gasteiger partial charge on any atom is -0.457 e. The normalized spacial score (nSPS) is 14.7. The number of unbranched alkanes of at least 4 members (excludes halogenated alkanes) is 8. The lowest BCUT2D eigenvalue weighted by atomic mass is 10.1. The maximum absolute atomic E-state index is 12.8. The monoisotopic (exact) mass is 923 g/mol. The SMILES string of the molecule is CC/C=C\C/C=C\C/C=C\C/C=C\C/C=C\C/C=C\CCCCCCCCC(=O)OC(COCCCC/C=C\C/C=C\C/C=C\C/C=C\C/C=C\CC)COP(=O)(O)OCC[N+](C)(C)C. The van der Waals surface area contributed by atoms with Crippen LogP contribution in [-0.4, -0.2) is 75.6 Å². The number of hydrogen-bond acceptors (Lipinski definition) is 6. The molecule has 0 spiro atoms. The number of rotatable bonds is 44. The minimum absolute atomic E-state index is 0.0681. The number of carbonyl (C=O) groups is 1. The second-order valence-electron chi connectivity index (χ2n) is 17.1. The lowest BCUT2D eigenvalue weighted by molar-refractivity contribution is -0.870. The second-order valence-corrected chi connectivity index (χ2v) is 18.5. The van der Waals surface area contributed by atoms with Crippen LogP contribution in [0.1, 0.15) is 155 Å². The van der Waals surface area contributed by atoms with Crippen molar-refractivity contribution in [2.75, 3.05) is 54.1 Å². The first-order valence-electron chi connectivity index (χ1n) is 24.9. The van der Waals surface area contributed by atoms with Crippen molar-refractivity contribution in [2.45, 2.75) is 161 Å². The van der Waals surface area contributed by atoms with E-state index in [-0.39, 0.29) is 25.8 Å². The summed E-state index contributed by atoms with van der Waals surface area (Å²) >= 11 is 0. The van der Waals surface area contributed by atoms with Gasteiger partial charge >= 0.3 is 13.8 Å². The molecule has 9 heteroatoms. The summed E-state index contributed by atoms with van der Waals surface area (Å²) in [5, 5.41) is 0. The van der Waals surface area contributed by atoms with Gasteiger partial charge < -0.3 is 18.9 Å². The number of ether oxygens (including phenoxy) is 2. The average molecular weight is 923 g/mol. The molecule has 65 heavy (non-hydrogen) atoms. The van der Waals surface area contributed by atoms with Crippen LogP contribution in [0, 0.1) is 0 Å². The van der Waals surface area contributed by atoms with E-state index in [1.165, 1.54) is 12.8 Å². The first kappa shape index (κ1) is 61.6. The Morgan fingerprint density at radius 3 is 1.26 bits per heavy atom. The molecule has 0 radical (unpaired) electrons. The third-order valence-electron chi connectivity index (χ3n) is 9.71. The molecule has 0 aromatic heterocycles. The van der Waals surface area contributed by atoms with Crippen LogP contribution in [0.3, 0.4) is 0 Å². The smallest absolute Gasteiger partial charge is 0.457 e. The second kappa shape index (κ2) is 47.1. The minimum atomic E-state index is -4.31. The van der Waals surface area contributed by atoms with E-state index in [9.17, 15) is 14.3 Å². The van der Waals surface area contributed by atoms with E-state index in [1.807, 2.05) is 21.1 Å². The van der Waals surface area contributed by atoms with E-state index in [4.69, 9.17) is 18.5 Å². The molecule has 0 fully saturated rings. The van der Waals surface area contributed by atoms with Crippen LogP contribution in [0.15, 0.2) is 134 Å². The number of allylic oxidation sites excluding steroid dienone is 22. The molecule has 368 valence electrons. The van der Waals surface area contributed by atoms with Crippen LogP contribution in [0.5, 0.6) is 0 Å². The number of quaternary nitrogens is 1. The van der Waals surface area contributed by atoms with Gasteiger partial charge in [-0.15, -0.1) is 0 Å². The number of likely N-dealkylation sites (N-methyl/N-ethyl adjacent to an activating group) is 1. The van der Waals surface area contributed by atoms with E-state index in [0.717, 1.165) is 122 Å². The third kappa shape index (κ3) is 51.5. The summed E-state index contributed by atoms with van der Waals surface area (Å²) in [7, 11) is 1.60. The Bertz CT molecular complexity index is 1490. The molecule has 8 nitrogen and oxygen atoms in total. The Hall–Kier alpha value is -3.36. The van der Waals surface area contributed by atoms with Crippen LogP contribution in [-0.2, 0) is 27.9 Å². The number of hydrogen-bond donors (Lipinski definition) is 1. The van der Waals surface area contributed by atoms with Crippen molar-refractivity contribution < 1.29 is 37.3 Å². The summed E-state index contributed by atoms with van der Waals surface area (Å²) in [6, 6.07) is 0. The van der Waals surface area contributed by atoms with Gasteiger partial charge in [-0.2, -0.15) is 0 Å². The van der Waals surface area contributed by atoms with Gasteiger partial charge in [0.2, 0.25) is 0 Å². The zero-order valence-corrected chi connectivity index (χ0v) is 42.6. The first-order chi connectivity index (χ1) is 31.6. The van der Waals surface area contributed by atoms with Gasteiger partial charge in [0, 0.05) is 13.0 Å². The molecule has 0 aliphatic rings. The molecule has 0 aromatic carbocycles. The largest absolute Gasteiger partial charge is 0.472 e. The number of phosphoric ester groups is 1. The molecule has 0 aliphatic heterocycles. The highest BCUT2D eigenvalue weighted by atomic mass is 31.2. The van der Waals surface area contributed by atoms with Crippen LogP contribution in [0.4, 0.5) is 0 Å². The van der Waals surface area contributed by atoms with Crippen molar-refractivity contribution in [3.8, 4) is 0 Å². The number of carbonyl (C=O) groups excluding carboxylic acids is 1. The molecule has 0 amide bonds. The van der Waals surface area contributed by atoms with Crippen molar-refractivity contribution in [2.24, 2.45) is 0 Å². The predicted molar refractivity (Wildman–Crippen MR) is 279 cm³/mol. The van der Waals surface area contributed by atoms with E-state index < -0.39 is 13.9 Å². The Labute approximate surface area is 398 Å². The molecule has 0 aromatic rings. The molecule has 2 atom stereocenters. The lowest BCUT2D eigenvalue weighted by Crippen LogP contribution is -2.37. The predicted octanol–water partition coefficient (Wildman–Crippen LogP) is 15.5. The summed E-state index contributed by atoms with van der Waals surface area (Å²) in [6.45, 7) is 5.22. The molecule has 0 bridgehead atoms. The fourth-order valence-corrected chi connectivity index (χ4v) is 6.68. The number of nitrogens with zero attached hydrogens (tertiary/aromatic N) is 1. The highest BCUT2D eigenvalue weighted by molar-refractivity contribution is 7.47. The molecule has 0 aliphatic carbocycles. The molecule has 0 rings (SSSR count). The topological polar surface area (TPSA) is 91.3 Å².